The summed E-state index contributed by atoms with van der Waals surface area (Å²) >= 11 is 0. The fraction of sp³-hybridized carbons (Fsp3) is 0.300. The van der Waals surface area contributed by atoms with Crippen LogP contribution >= 0.6 is 0 Å². The molecule has 2 aromatic carbocycles. The van der Waals surface area contributed by atoms with Crippen molar-refractivity contribution >= 4 is 17.6 Å². The number of hydrogen-bond acceptors (Lipinski definition) is 5. The number of benzene rings is 2. The highest BCUT2D eigenvalue weighted by molar-refractivity contribution is 5.94. The van der Waals surface area contributed by atoms with Gasteiger partial charge in [-0.05, 0) is 42.2 Å². The molecule has 0 saturated heterocycles. The van der Waals surface area contributed by atoms with Gasteiger partial charge in [0.15, 0.2) is 0 Å². The molecule has 2 aromatic rings. The first kappa shape index (κ1) is 20.1. The minimum Gasteiger partial charge on any atom is -0.426 e. The maximum atomic E-state index is 12.0. The molecule has 0 aliphatic rings. The Morgan fingerprint density at radius 3 is 2.30 bits per heavy atom. The number of non-ortho nitro benzene ring substituents is 1. The Labute approximate surface area is 157 Å². The largest absolute Gasteiger partial charge is 0.426 e. The Bertz CT molecular complexity index is 800. The maximum absolute atomic E-state index is 12.0. The van der Waals surface area contributed by atoms with Gasteiger partial charge in [-0.25, -0.2) is 0 Å². The third kappa shape index (κ3) is 5.91. The molecule has 0 heterocycles. The van der Waals surface area contributed by atoms with Gasteiger partial charge < -0.3 is 10.1 Å². The van der Waals surface area contributed by atoms with E-state index in [1.54, 1.807) is 12.1 Å². The summed E-state index contributed by atoms with van der Waals surface area (Å²) in [4.78, 5) is 33.9. The van der Waals surface area contributed by atoms with Crippen LogP contribution in [-0.4, -0.2) is 23.3 Å². The van der Waals surface area contributed by atoms with Gasteiger partial charge in [-0.15, -0.1) is 0 Å². The number of nitrogens with zero attached hydrogens (tertiary/aromatic N) is 1. The molecule has 0 unspecified atom stereocenters. The van der Waals surface area contributed by atoms with Crippen molar-refractivity contribution < 1.29 is 19.2 Å². The zero-order valence-electron chi connectivity index (χ0n) is 15.3. The molecule has 0 aliphatic heterocycles. The zero-order valence-corrected chi connectivity index (χ0v) is 15.3. The van der Waals surface area contributed by atoms with Crippen LogP contribution in [0.4, 0.5) is 5.69 Å². The van der Waals surface area contributed by atoms with Crippen LogP contribution in [0.1, 0.15) is 48.5 Å². The first-order valence-electron chi connectivity index (χ1n) is 8.74. The van der Waals surface area contributed by atoms with E-state index < -0.39 is 16.8 Å². The summed E-state index contributed by atoms with van der Waals surface area (Å²) in [7, 11) is 0. The molecule has 27 heavy (non-hydrogen) atoms. The highest BCUT2D eigenvalue weighted by atomic mass is 16.6. The van der Waals surface area contributed by atoms with E-state index in [2.05, 4.69) is 19.2 Å². The van der Waals surface area contributed by atoms with Crippen LogP contribution < -0.4 is 10.1 Å². The minimum atomic E-state index is -0.535. The van der Waals surface area contributed by atoms with Crippen LogP contribution in [0.2, 0.25) is 0 Å². The first-order valence-corrected chi connectivity index (χ1v) is 8.74. The number of ether oxygens (including phenoxy) is 1. The van der Waals surface area contributed by atoms with Crippen molar-refractivity contribution in [3.05, 3.63) is 69.8 Å². The number of nitro benzene ring substituents is 1. The van der Waals surface area contributed by atoms with Crippen molar-refractivity contribution in [2.75, 3.05) is 6.54 Å². The zero-order chi connectivity index (χ0) is 19.8. The van der Waals surface area contributed by atoms with Gasteiger partial charge in [0, 0.05) is 24.2 Å². The fourth-order valence-corrected chi connectivity index (χ4v) is 2.40. The summed E-state index contributed by atoms with van der Waals surface area (Å²) in [5.41, 5.74) is 1.39. The van der Waals surface area contributed by atoms with Crippen LogP contribution in [0.25, 0.3) is 0 Å². The molecular weight excluding hydrogens is 348 g/mol. The summed E-state index contributed by atoms with van der Waals surface area (Å²) in [6.07, 6.45) is 1.05. The molecule has 0 bridgehead atoms. The molecular formula is C20H22N2O5. The van der Waals surface area contributed by atoms with E-state index in [4.69, 9.17) is 4.74 Å². The second-order valence-corrected chi connectivity index (χ2v) is 6.16. The van der Waals surface area contributed by atoms with E-state index in [0.717, 1.165) is 6.42 Å². The average Bonchev–Trinajstić information content (AvgIpc) is 2.67. The van der Waals surface area contributed by atoms with Gasteiger partial charge in [-0.1, -0.05) is 26.0 Å². The predicted octanol–water partition coefficient (Wildman–Crippen LogP) is 3.83. The lowest BCUT2D eigenvalue weighted by molar-refractivity contribution is -0.384. The number of carbonyl (C=O) groups excluding carboxylic acids is 2. The number of nitrogens with one attached hydrogen (secondary N) is 1. The summed E-state index contributed by atoms with van der Waals surface area (Å²) in [6.45, 7) is 4.36. The average molecular weight is 370 g/mol. The number of nitro groups is 1. The summed E-state index contributed by atoms with van der Waals surface area (Å²) < 4.78 is 5.25. The third-order valence-corrected chi connectivity index (χ3v) is 4.25. The van der Waals surface area contributed by atoms with Crippen LogP contribution in [-0.2, 0) is 4.79 Å². The molecule has 142 valence electrons. The molecule has 7 nitrogen and oxygen atoms in total. The van der Waals surface area contributed by atoms with Crippen LogP contribution in [0, 0.1) is 10.1 Å². The van der Waals surface area contributed by atoms with E-state index in [-0.39, 0.29) is 24.2 Å². The lowest BCUT2D eigenvalue weighted by Gasteiger charge is -2.10. The Morgan fingerprint density at radius 1 is 1.11 bits per heavy atom. The molecule has 0 aromatic heterocycles. The third-order valence-electron chi connectivity index (χ3n) is 4.25. The van der Waals surface area contributed by atoms with Crippen molar-refractivity contribution in [2.24, 2.45) is 0 Å². The molecule has 0 spiro atoms. The molecule has 7 heteroatoms. The number of hydrogen-bond donors (Lipinski definition) is 1. The van der Waals surface area contributed by atoms with Crippen LogP contribution in [0.3, 0.4) is 0 Å². The number of rotatable bonds is 8. The Morgan fingerprint density at radius 2 is 1.74 bits per heavy atom. The molecule has 1 atom stereocenters. The highest BCUT2D eigenvalue weighted by Crippen LogP contribution is 2.21. The number of esters is 1. The second-order valence-electron chi connectivity index (χ2n) is 6.16. The summed E-state index contributed by atoms with van der Waals surface area (Å²) in [6, 6.07) is 12.6. The van der Waals surface area contributed by atoms with Gasteiger partial charge >= 0.3 is 5.97 Å². The molecule has 1 amide bonds. The van der Waals surface area contributed by atoms with E-state index in [0.29, 0.717) is 11.7 Å². The van der Waals surface area contributed by atoms with Crippen molar-refractivity contribution in [3.8, 4) is 5.75 Å². The fourth-order valence-electron chi connectivity index (χ4n) is 2.40. The van der Waals surface area contributed by atoms with Crippen molar-refractivity contribution in [1.82, 2.24) is 5.32 Å². The Kier molecular flexibility index (Phi) is 7.05. The quantitative estimate of drug-likeness (QED) is 0.329. The van der Waals surface area contributed by atoms with Gasteiger partial charge in [0.2, 0.25) is 0 Å². The van der Waals surface area contributed by atoms with Gasteiger partial charge in [-0.2, -0.15) is 0 Å². The van der Waals surface area contributed by atoms with Crippen LogP contribution in [0.5, 0.6) is 5.75 Å². The molecule has 2 rings (SSSR count). The van der Waals surface area contributed by atoms with E-state index >= 15 is 0 Å². The van der Waals surface area contributed by atoms with Crippen molar-refractivity contribution in [1.29, 1.82) is 0 Å². The van der Waals surface area contributed by atoms with Gasteiger partial charge in [0.1, 0.15) is 5.75 Å². The first-order chi connectivity index (χ1) is 12.9. The van der Waals surface area contributed by atoms with Crippen molar-refractivity contribution in [3.63, 3.8) is 0 Å². The minimum absolute atomic E-state index is 0.0197. The van der Waals surface area contributed by atoms with Crippen molar-refractivity contribution in [2.45, 2.75) is 32.6 Å². The number of amides is 1. The Balaban J connectivity index is 1.78. The van der Waals surface area contributed by atoms with Gasteiger partial charge in [-0.3, -0.25) is 19.7 Å². The molecule has 1 N–H and O–H groups in total. The normalized spacial score (nSPS) is 11.5. The molecule has 0 radical (unpaired) electrons. The second kappa shape index (κ2) is 9.47. The Hall–Kier alpha value is -3.22. The number of carbonyl (C=O) groups is 2. The molecule has 0 fully saturated rings. The molecule has 0 saturated carbocycles. The van der Waals surface area contributed by atoms with E-state index in [9.17, 15) is 19.7 Å². The SMILES string of the molecule is CC[C@H](C)c1ccc(OC(=O)CCNC(=O)c2ccc([N+](=O)[O-])cc2)cc1. The summed E-state index contributed by atoms with van der Waals surface area (Å²) in [5.74, 6) is 0.0593. The maximum Gasteiger partial charge on any atom is 0.312 e. The lowest BCUT2D eigenvalue weighted by atomic mass is 9.99. The van der Waals surface area contributed by atoms with E-state index in [1.807, 2.05) is 12.1 Å². The van der Waals surface area contributed by atoms with Crippen LogP contribution in [0.15, 0.2) is 48.5 Å². The van der Waals surface area contributed by atoms with E-state index in [1.165, 1.54) is 29.8 Å². The standard InChI is InChI=1S/C20H22N2O5/c1-3-14(2)15-6-10-18(11-7-15)27-19(23)12-13-21-20(24)16-4-8-17(9-5-16)22(25)26/h4-11,14H,3,12-13H2,1-2H3,(H,21,24)/t14-/m0/s1. The predicted molar refractivity (Wildman–Crippen MR) is 101 cm³/mol. The lowest BCUT2D eigenvalue weighted by Crippen LogP contribution is -2.27. The monoisotopic (exact) mass is 370 g/mol. The summed E-state index contributed by atoms with van der Waals surface area (Å²) in [5, 5.41) is 13.2. The van der Waals surface area contributed by atoms with Gasteiger partial charge in [0.25, 0.3) is 11.6 Å². The smallest absolute Gasteiger partial charge is 0.312 e. The molecule has 0 aliphatic carbocycles. The highest BCUT2D eigenvalue weighted by Gasteiger charge is 2.11. The van der Waals surface area contributed by atoms with Gasteiger partial charge in [0.05, 0.1) is 11.3 Å². The topological polar surface area (TPSA) is 98.5 Å².